The summed E-state index contributed by atoms with van der Waals surface area (Å²) in [7, 11) is 4.42. The number of fused-ring (bicyclic) bond motifs is 4. The molecule has 0 radical (unpaired) electrons. The van der Waals surface area contributed by atoms with Crippen molar-refractivity contribution in [1.82, 2.24) is 14.7 Å². The number of benzene rings is 11. The standard InChI is InChI=1S/C25H20Cl2FNO3.C24H18Cl2FNO4.C23H14Cl2FNO3.C13H8BrCl2FO/c1-14(13-29-24(30)17-6-3-4-7-18(17)25(29)31)10-15-11-16(28)12-19(23(15)32-2)22-20(26)8-5-9-21(22)27;1-32-22-13(9-14(27)11-18(22)21-19(25)7-4-8-20(21)26)10-15(29)12-28-23(30)16-5-2-3-6-17(16)24(28)31;24-18-6-3-7-19(25)20(18)17-10-13(26)8-12-9-14(30-21(12)17)11-27-22(28)15-4-1-2-5-16(15)23(27)29;1-18-13-8(5-7(17)6-9(13)14)12-10(15)3-2-4-11(12)16/h3-9,11-12,14H,10,13H2,1-2H3;2-9,11,15,29H,10,12H2,1H3;1-8,10,14H,9,11H2;2-6H,1H3/t14-;15-;14-;/m001./s1. The minimum absolute atomic E-state index is 0.0661. The minimum atomic E-state index is -1.15. The van der Waals surface area contributed by atoms with Gasteiger partial charge in [-0.25, -0.2) is 17.6 Å². The Morgan fingerprint density at radius 3 is 1.07 bits per heavy atom. The monoisotopic (exact) mass is 1730 g/mol. The highest BCUT2D eigenvalue weighted by Crippen LogP contribution is 2.49. The Balaban J connectivity index is 0.000000141. The normalized spacial score (nSPS) is 14.3. The molecule has 572 valence electrons. The highest BCUT2D eigenvalue weighted by Gasteiger charge is 2.41. The van der Waals surface area contributed by atoms with Gasteiger partial charge in [-0.15, -0.1) is 0 Å². The Labute approximate surface area is 688 Å². The van der Waals surface area contributed by atoms with Crippen LogP contribution in [-0.2, 0) is 19.3 Å². The molecule has 0 spiro atoms. The first-order valence-electron chi connectivity index (χ1n) is 34.2. The number of nitrogens with zero attached hydrogens (tertiary/aromatic N) is 3. The number of rotatable bonds is 17. The molecule has 0 saturated carbocycles. The fourth-order valence-electron chi connectivity index (χ4n) is 13.8. The smallest absolute Gasteiger partial charge is 0.261 e. The Morgan fingerprint density at radius 2 is 0.705 bits per heavy atom. The van der Waals surface area contributed by atoms with E-state index in [0.717, 1.165) is 4.90 Å². The third-order valence-electron chi connectivity index (χ3n) is 18.6. The number of hydrogen-bond acceptors (Lipinski definition) is 11. The largest absolute Gasteiger partial charge is 0.496 e. The molecule has 0 unspecified atom stereocenters. The van der Waals surface area contributed by atoms with Crippen LogP contribution in [0.3, 0.4) is 0 Å². The van der Waals surface area contributed by atoms with Gasteiger partial charge >= 0.3 is 0 Å². The molecule has 0 fully saturated rings. The molecular weight excluding hydrogens is 1680 g/mol. The molecule has 0 aliphatic carbocycles. The summed E-state index contributed by atoms with van der Waals surface area (Å²) in [5, 5.41) is 13.7. The van der Waals surface area contributed by atoms with Crippen LogP contribution in [0.1, 0.15) is 85.8 Å². The van der Waals surface area contributed by atoms with Gasteiger partial charge in [-0.05, 0) is 167 Å². The van der Waals surface area contributed by atoms with E-state index in [2.05, 4.69) is 15.9 Å². The predicted molar refractivity (Wildman–Crippen MR) is 431 cm³/mol. The highest BCUT2D eigenvalue weighted by molar-refractivity contribution is 9.10. The number of aliphatic hydroxyl groups excluding tert-OH is 1. The third-order valence-corrected chi connectivity index (χ3v) is 21.7. The summed E-state index contributed by atoms with van der Waals surface area (Å²) < 4.78 is 80.0. The van der Waals surface area contributed by atoms with Crippen molar-refractivity contribution in [2.75, 3.05) is 41.0 Å². The van der Waals surface area contributed by atoms with Crippen LogP contribution in [0.15, 0.2) is 199 Å². The molecule has 4 aliphatic heterocycles. The molecule has 15 rings (SSSR count). The van der Waals surface area contributed by atoms with Crippen molar-refractivity contribution in [3.05, 3.63) is 312 Å². The second kappa shape index (κ2) is 35.3. The van der Waals surface area contributed by atoms with Gasteiger partial charge in [-0.1, -0.05) is 160 Å². The van der Waals surface area contributed by atoms with E-state index in [1.165, 1.54) is 79.7 Å². The van der Waals surface area contributed by atoms with Gasteiger partial charge < -0.3 is 24.1 Å². The van der Waals surface area contributed by atoms with Crippen molar-refractivity contribution in [2.24, 2.45) is 5.92 Å². The van der Waals surface area contributed by atoms with E-state index in [4.69, 9.17) is 112 Å². The van der Waals surface area contributed by atoms with Crippen LogP contribution < -0.4 is 18.9 Å². The van der Waals surface area contributed by atoms with Gasteiger partial charge in [0.2, 0.25) is 0 Å². The average Bonchev–Trinajstić information content (AvgIpc) is 1.56. The summed E-state index contributed by atoms with van der Waals surface area (Å²) in [5.74, 6) is -2.58. The second-order valence-corrected chi connectivity index (χ2v) is 30.1. The first kappa shape index (κ1) is 82.0. The van der Waals surface area contributed by atoms with Gasteiger partial charge in [-0.2, -0.15) is 0 Å². The molecule has 6 amide bonds. The minimum Gasteiger partial charge on any atom is -0.496 e. The van der Waals surface area contributed by atoms with E-state index in [9.17, 15) is 51.4 Å². The summed E-state index contributed by atoms with van der Waals surface area (Å²) in [4.78, 5) is 79.2. The summed E-state index contributed by atoms with van der Waals surface area (Å²) >= 11 is 53.4. The lowest BCUT2D eigenvalue weighted by molar-refractivity contribution is 0.0540. The van der Waals surface area contributed by atoms with E-state index in [-0.39, 0.29) is 55.6 Å². The van der Waals surface area contributed by atoms with Gasteiger partial charge in [0.15, 0.2) is 0 Å². The third kappa shape index (κ3) is 17.1. The quantitative estimate of drug-likeness (QED) is 0.0680. The molecule has 11 aromatic rings. The molecule has 11 aromatic carbocycles. The second-order valence-electron chi connectivity index (χ2n) is 26.0. The Hall–Kier alpha value is -9.48. The molecule has 3 atom stereocenters. The summed E-state index contributed by atoms with van der Waals surface area (Å²) in [5.41, 5.74) is 7.44. The number of methoxy groups -OCH3 is 3. The number of carbonyl (C=O) groups excluding carboxylic acids is 6. The maximum atomic E-state index is 14.6. The zero-order chi connectivity index (χ0) is 80.3. The highest BCUT2D eigenvalue weighted by atomic mass is 79.9. The molecule has 0 bridgehead atoms. The molecule has 4 heterocycles. The van der Waals surface area contributed by atoms with E-state index in [0.29, 0.717) is 175 Å². The van der Waals surface area contributed by atoms with Crippen LogP contribution in [0.4, 0.5) is 17.6 Å². The average molecular weight is 1740 g/mol. The molecule has 4 aliphatic rings. The van der Waals surface area contributed by atoms with Crippen molar-refractivity contribution >= 4 is 144 Å². The van der Waals surface area contributed by atoms with Gasteiger partial charge in [0, 0.05) is 75.0 Å². The van der Waals surface area contributed by atoms with Gasteiger partial charge in [0.1, 0.15) is 52.4 Å². The van der Waals surface area contributed by atoms with Gasteiger partial charge in [-0.3, -0.25) is 43.5 Å². The number of halogens is 13. The molecule has 27 heteroatoms. The molecule has 14 nitrogen and oxygen atoms in total. The fraction of sp³-hybridized carbons (Fsp3) is 0.153. The van der Waals surface area contributed by atoms with E-state index in [1.54, 1.807) is 146 Å². The van der Waals surface area contributed by atoms with Crippen LogP contribution in [-0.4, -0.2) is 108 Å². The summed E-state index contributed by atoms with van der Waals surface area (Å²) in [6, 6.07) is 50.7. The summed E-state index contributed by atoms with van der Waals surface area (Å²) in [6.07, 6.45) is -0.978. The lowest BCUT2D eigenvalue weighted by atomic mass is 9.94. The van der Waals surface area contributed by atoms with E-state index >= 15 is 0 Å². The van der Waals surface area contributed by atoms with E-state index in [1.807, 2.05) is 6.92 Å². The number of carbonyl (C=O) groups is 6. The summed E-state index contributed by atoms with van der Waals surface area (Å²) in [6.45, 7) is 1.93. The lowest BCUT2D eigenvalue weighted by Crippen LogP contribution is -2.38. The number of aliphatic hydroxyl groups is 1. The molecular formula is C85H60BrCl8F4N3O11. The SMILES string of the molecule is COc1c(Br)cc(F)cc1-c1c(Cl)cccc1Cl.COc1c(C[C@H](C)CN2C(=O)c3ccccc3C2=O)cc(F)cc1-c1c(Cl)cccc1Cl.COc1c(C[C@H](O)CN2C(=O)c3ccccc3C2=O)cc(F)cc1-c1c(Cl)cccc1Cl.O=C1c2ccccc2C(=O)N1C[C@H]1Cc2cc(F)cc(-c3c(Cl)cccc3Cl)c2O1. The Morgan fingerprint density at radius 1 is 0.402 bits per heavy atom. The van der Waals surface area contributed by atoms with Crippen molar-refractivity contribution in [3.63, 3.8) is 0 Å². The number of ether oxygens (including phenoxy) is 4. The van der Waals surface area contributed by atoms with Crippen LogP contribution >= 0.6 is 109 Å². The van der Waals surface area contributed by atoms with Crippen LogP contribution in [0.5, 0.6) is 23.0 Å². The zero-order valence-electron chi connectivity index (χ0n) is 59.2. The first-order chi connectivity index (χ1) is 53.6. The lowest BCUT2D eigenvalue weighted by Gasteiger charge is -2.22. The maximum absolute atomic E-state index is 14.6. The Bertz CT molecular complexity index is 5250. The fourth-order valence-corrected chi connectivity index (χ4v) is 16.8. The number of hydrogen-bond donors (Lipinski definition) is 1. The topological polar surface area (TPSA) is 169 Å². The van der Waals surface area contributed by atoms with Crippen LogP contribution in [0.25, 0.3) is 44.5 Å². The molecule has 0 saturated heterocycles. The van der Waals surface area contributed by atoms with Crippen molar-refractivity contribution in [2.45, 2.75) is 38.4 Å². The van der Waals surface area contributed by atoms with Crippen molar-refractivity contribution in [3.8, 4) is 67.5 Å². The van der Waals surface area contributed by atoms with Crippen LogP contribution in [0.2, 0.25) is 40.2 Å². The first-order valence-corrected chi connectivity index (χ1v) is 38.0. The van der Waals surface area contributed by atoms with Crippen molar-refractivity contribution in [1.29, 1.82) is 0 Å². The molecule has 112 heavy (non-hydrogen) atoms. The van der Waals surface area contributed by atoms with Gasteiger partial charge in [0.05, 0.1) is 119 Å². The zero-order valence-corrected chi connectivity index (χ0v) is 66.9. The number of imide groups is 3. The Kier molecular flexibility index (Phi) is 25.8. The van der Waals surface area contributed by atoms with E-state index < -0.39 is 47.3 Å². The van der Waals surface area contributed by atoms with Crippen molar-refractivity contribution < 1.29 is 70.4 Å². The maximum Gasteiger partial charge on any atom is 0.261 e. The molecule has 1 N–H and O–H groups in total. The number of amides is 6. The van der Waals surface area contributed by atoms with Crippen LogP contribution in [0, 0.1) is 29.2 Å². The predicted octanol–water partition coefficient (Wildman–Crippen LogP) is 22.3. The molecule has 0 aromatic heterocycles. The van der Waals surface area contributed by atoms with Gasteiger partial charge in [0.25, 0.3) is 35.4 Å². The number of β-amino-alcohol motifs (C(OH)–C–C–N with tert-alkyl or cyclic N) is 1.